The van der Waals surface area contributed by atoms with Gasteiger partial charge in [0, 0.05) is 33.5 Å². The molecule has 0 saturated carbocycles. The van der Waals surface area contributed by atoms with Crippen LogP contribution in [0.1, 0.15) is 22.3 Å². The number of rotatable bonds is 8. The van der Waals surface area contributed by atoms with E-state index >= 15 is 0 Å². The van der Waals surface area contributed by atoms with Crippen LogP contribution in [-0.2, 0) is 5.41 Å². The molecular weight excluding hydrogens is 953 g/mol. The van der Waals surface area contributed by atoms with Gasteiger partial charge in [0.1, 0.15) is 0 Å². The molecule has 368 valence electrons. The van der Waals surface area contributed by atoms with Crippen molar-refractivity contribution in [2.75, 3.05) is 4.90 Å². The molecule has 79 heavy (non-hydrogen) atoms. The van der Waals surface area contributed by atoms with Crippen LogP contribution in [0, 0.1) is 0 Å². The van der Waals surface area contributed by atoms with E-state index in [0.717, 1.165) is 22.7 Å². The highest BCUT2D eigenvalue weighted by Crippen LogP contribution is 2.63. The maximum atomic E-state index is 2.49. The van der Waals surface area contributed by atoms with E-state index in [9.17, 15) is 0 Å². The van der Waals surface area contributed by atoms with Gasteiger partial charge in [0.2, 0.25) is 0 Å². The summed E-state index contributed by atoms with van der Waals surface area (Å²) in [6, 6.07) is 112. The van der Waals surface area contributed by atoms with Crippen molar-refractivity contribution in [3.05, 3.63) is 326 Å². The molecule has 0 radical (unpaired) electrons. The zero-order valence-electron chi connectivity index (χ0n) is 43.3. The second-order valence-electron chi connectivity index (χ2n) is 21.2. The summed E-state index contributed by atoms with van der Waals surface area (Å²) in [6.07, 6.45) is 0. The fourth-order valence-electron chi connectivity index (χ4n) is 13.4. The molecule has 1 aromatic heterocycles. The van der Waals surface area contributed by atoms with Crippen LogP contribution in [-0.4, -0.2) is 4.57 Å². The molecular formula is C77H50N2. The molecule has 0 bridgehead atoms. The van der Waals surface area contributed by atoms with Crippen LogP contribution in [0.5, 0.6) is 0 Å². The van der Waals surface area contributed by atoms with Crippen LogP contribution in [0.4, 0.5) is 17.1 Å². The summed E-state index contributed by atoms with van der Waals surface area (Å²) < 4.78 is 2.40. The highest BCUT2D eigenvalue weighted by Gasteiger charge is 2.51. The second kappa shape index (κ2) is 17.9. The van der Waals surface area contributed by atoms with E-state index in [4.69, 9.17) is 0 Å². The molecule has 0 saturated heterocycles. The summed E-state index contributed by atoms with van der Waals surface area (Å²) >= 11 is 0. The molecule has 0 amide bonds. The standard InChI is InChI=1S/C77H50N2/c1-3-15-51(16-4-1)54-35-41-62(42-36-54)79-75-26-14-10-22-69(75)70-49-60(38-46-76(70)79)56-29-27-53(28-30-56)55-33-39-61(40-34-55)78(63-43-37-58-47-57(31-32-59(58)48-63)52-17-5-2-6-18-52)64-44-45-68-67-21-9-13-25-73(67)77(74(68)50-64)71-23-11-7-19-65(71)66-20-8-12-24-72(66)77/h1-50H. The van der Waals surface area contributed by atoms with E-state index in [1.165, 1.54) is 122 Å². The summed E-state index contributed by atoms with van der Waals surface area (Å²) in [5, 5.41) is 4.90. The second-order valence-corrected chi connectivity index (χ2v) is 21.2. The first kappa shape index (κ1) is 45.0. The number of hydrogen-bond acceptors (Lipinski definition) is 1. The van der Waals surface area contributed by atoms with Crippen molar-refractivity contribution < 1.29 is 0 Å². The Morgan fingerprint density at radius 1 is 0.241 bits per heavy atom. The number of fused-ring (bicyclic) bond motifs is 14. The van der Waals surface area contributed by atoms with E-state index in [2.05, 4.69) is 313 Å². The van der Waals surface area contributed by atoms with Crippen molar-refractivity contribution in [2.45, 2.75) is 5.41 Å². The topological polar surface area (TPSA) is 8.17 Å². The lowest BCUT2D eigenvalue weighted by atomic mass is 9.70. The third-order valence-electron chi connectivity index (χ3n) is 17.0. The van der Waals surface area contributed by atoms with Crippen LogP contribution in [0.15, 0.2) is 303 Å². The Kier molecular flexibility index (Phi) is 10.2. The number of anilines is 3. The number of para-hydroxylation sites is 1. The minimum Gasteiger partial charge on any atom is -0.310 e. The van der Waals surface area contributed by atoms with Gasteiger partial charge in [0.05, 0.1) is 16.4 Å². The lowest BCUT2D eigenvalue weighted by molar-refractivity contribution is 0.793. The van der Waals surface area contributed by atoms with Gasteiger partial charge < -0.3 is 9.47 Å². The molecule has 2 heteroatoms. The van der Waals surface area contributed by atoms with Crippen molar-refractivity contribution in [1.82, 2.24) is 4.57 Å². The Hall–Kier alpha value is -10.3. The smallest absolute Gasteiger partial charge is 0.0726 e. The molecule has 13 aromatic carbocycles. The average molecular weight is 1000 g/mol. The fourth-order valence-corrected chi connectivity index (χ4v) is 13.4. The monoisotopic (exact) mass is 1000 g/mol. The van der Waals surface area contributed by atoms with Crippen molar-refractivity contribution in [1.29, 1.82) is 0 Å². The van der Waals surface area contributed by atoms with E-state index in [1.54, 1.807) is 0 Å². The van der Waals surface area contributed by atoms with E-state index in [1.807, 2.05) is 0 Å². The summed E-state index contributed by atoms with van der Waals surface area (Å²) in [4.78, 5) is 2.45. The Balaban J connectivity index is 0.772. The molecule has 2 nitrogen and oxygen atoms in total. The minimum absolute atomic E-state index is 0.450. The SMILES string of the molecule is c1ccc(-c2ccc(-n3c4ccccc4c4cc(-c5ccc(-c6ccc(N(c7ccc8c(c7)C7(c9ccccc9-c9ccccc97)c7ccccc7-8)c7ccc8cc(-c9ccccc9)ccc8c7)cc6)cc5)ccc43)cc2)cc1. The van der Waals surface area contributed by atoms with Crippen LogP contribution < -0.4 is 4.90 Å². The lowest BCUT2D eigenvalue weighted by Gasteiger charge is -2.32. The van der Waals surface area contributed by atoms with Gasteiger partial charge in [-0.15, -0.1) is 0 Å². The molecule has 0 N–H and O–H groups in total. The number of benzene rings is 13. The van der Waals surface area contributed by atoms with Crippen LogP contribution in [0.2, 0.25) is 0 Å². The molecule has 0 unspecified atom stereocenters. The Morgan fingerprint density at radius 2 is 0.646 bits per heavy atom. The Labute approximate surface area is 460 Å². The minimum atomic E-state index is -0.450. The zero-order valence-corrected chi connectivity index (χ0v) is 43.3. The van der Waals surface area contributed by atoms with Gasteiger partial charge in [-0.25, -0.2) is 0 Å². The van der Waals surface area contributed by atoms with Gasteiger partial charge in [-0.3, -0.25) is 0 Å². The number of nitrogens with zero attached hydrogens (tertiary/aromatic N) is 2. The summed E-state index contributed by atoms with van der Waals surface area (Å²) in [5.41, 5.74) is 26.6. The normalized spacial score (nSPS) is 12.7. The first-order chi connectivity index (χ1) is 39.2. The summed E-state index contributed by atoms with van der Waals surface area (Å²) in [7, 11) is 0. The molecule has 2 aliphatic carbocycles. The summed E-state index contributed by atoms with van der Waals surface area (Å²) in [5.74, 6) is 0. The quantitative estimate of drug-likeness (QED) is 0.147. The largest absolute Gasteiger partial charge is 0.310 e. The predicted octanol–water partition coefficient (Wildman–Crippen LogP) is 20.4. The van der Waals surface area contributed by atoms with E-state index in [-0.39, 0.29) is 0 Å². The molecule has 0 aliphatic heterocycles. The first-order valence-electron chi connectivity index (χ1n) is 27.4. The van der Waals surface area contributed by atoms with Crippen LogP contribution >= 0.6 is 0 Å². The van der Waals surface area contributed by atoms with E-state index in [0.29, 0.717) is 0 Å². The van der Waals surface area contributed by atoms with Gasteiger partial charge in [0.25, 0.3) is 0 Å². The molecule has 14 aromatic rings. The zero-order chi connectivity index (χ0) is 52.0. The summed E-state index contributed by atoms with van der Waals surface area (Å²) in [6.45, 7) is 0. The predicted molar refractivity (Wildman–Crippen MR) is 331 cm³/mol. The molecule has 1 spiro atoms. The highest BCUT2D eigenvalue weighted by molar-refractivity contribution is 6.10. The molecule has 1 heterocycles. The molecule has 2 aliphatic rings. The van der Waals surface area contributed by atoms with Gasteiger partial charge in [-0.05, 0) is 173 Å². The van der Waals surface area contributed by atoms with Crippen LogP contribution in [0.3, 0.4) is 0 Å². The van der Waals surface area contributed by atoms with Gasteiger partial charge in [0.15, 0.2) is 0 Å². The molecule has 0 fully saturated rings. The average Bonchev–Trinajstić information content (AvgIpc) is 4.20. The van der Waals surface area contributed by atoms with Crippen molar-refractivity contribution >= 4 is 49.6 Å². The Bertz CT molecular complexity index is 4620. The first-order valence-corrected chi connectivity index (χ1v) is 27.4. The maximum absolute atomic E-state index is 2.49. The number of hydrogen-bond donors (Lipinski definition) is 0. The van der Waals surface area contributed by atoms with Crippen molar-refractivity contribution in [2.24, 2.45) is 0 Å². The third kappa shape index (κ3) is 7.05. The van der Waals surface area contributed by atoms with Gasteiger partial charge in [-0.1, -0.05) is 231 Å². The molecule has 16 rings (SSSR count). The number of aromatic nitrogens is 1. The Morgan fingerprint density at radius 3 is 1.29 bits per heavy atom. The van der Waals surface area contributed by atoms with Crippen molar-refractivity contribution in [3.8, 4) is 72.4 Å². The van der Waals surface area contributed by atoms with Crippen LogP contribution in [0.25, 0.3) is 105 Å². The van der Waals surface area contributed by atoms with Gasteiger partial charge in [-0.2, -0.15) is 0 Å². The van der Waals surface area contributed by atoms with Crippen molar-refractivity contribution in [3.63, 3.8) is 0 Å². The third-order valence-corrected chi connectivity index (χ3v) is 17.0. The highest BCUT2D eigenvalue weighted by atomic mass is 15.1. The fraction of sp³-hybridized carbons (Fsp3) is 0.0130. The van der Waals surface area contributed by atoms with Gasteiger partial charge >= 0.3 is 0 Å². The lowest BCUT2D eigenvalue weighted by Crippen LogP contribution is -2.26. The maximum Gasteiger partial charge on any atom is 0.0726 e. The van der Waals surface area contributed by atoms with E-state index < -0.39 is 5.41 Å². The molecule has 0 atom stereocenters.